The van der Waals surface area contributed by atoms with Crippen LogP contribution in [0, 0.1) is 0 Å². The Hall–Kier alpha value is -2.02. The SMILES string of the molecule is COc1ccc(CNC(=O)[C@H]2CC(=O)N=C(N)S2)cc1. The standard InChI is InChI=1S/C13H15N3O3S/c1-19-9-4-2-8(3-5-9)7-15-12(18)10-6-11(17)16-13(14)20-10/h2-5,10H,6-7H2,1H3,(H,15,18)(H2,14,16,17)/t10-/m1/s1. The van der Waals surface area contributed by atoms with E-state index in [1.165, 1.54) is 0 Å². The summed E-state index contributed by atoms with van der Waals surface area (Å²) in [6.07, 6.45) is 0.0831. The van der Waals surface area contributed by atoms with Gasteiger partial charge in [0.05, 0.1) is 18.8 Å². The fourth-order valence-corrected chi connectivity index (χ4v) is 2.60. The lowest BCUT2D eigenvalue weighted by Crippen LogP contribution is -2.37. The van der Waals surface area contributed by atoms with E-state index in [1.54, 1.807) is 7.11 Å². The number of methoxy groups -OCH3 is 1. The second-order valence-electron chi connectivity index (χ2n) is 4.22. The maximum absolute atomic E-state index is 12.0. The number of rotatable bonds is 4. The Balaban J connectivity index is 1.88. The lowest BCUT2D eigenvalue weighted by molar-refractivity contribution is -0.124. The van der Waals surface area contributed by atoms with Crippen molar-refractivity contribution in [1.82, 2.24) is 5.32 Å². The van der Waals surface area contributed by atoms with E-state index in [1.807, 2.05) is 24.3 Å². The number of nitrogens with two attached hydrogens (primary N) is 1. The van der Waals surface area contributed by atoms with Crippen LogP contribution in [0.15, 0.2) is 29.3 Å². The summed E-state index contributed by atoms with van der Waals surface area (Å²) < 4.78 is 5.06. The number of nitrogens with one attached hydrogen (secondary N) is 1. The molecule has 0 saturated heterocycles. The van der Waals surface area contributed by atoms with Crippen molar-refractivity contribution in [2.45, 2.75) is 18.2 Å². The number of thioether (sulfide) groups is 1. The van der Waals surface area contributed by atoms with E-state index in [9.17, 15) is 9.59 Å². The largest absolute Gasteiger partial charge is 0.497 e. The summed E-state index contributed by atoms with van der Waals surface area (Å²) >= 11 is 1.11. The van der Waals surface area contributed by atoms with Crippen molar-refractivity contribution in [3.05, 3.63) is 29.8 Å². The molecule has 1 aliphatic heterocycles. The van der Waals surface area contributed by atoms with Crippen LogP contribution in [-0.4, -0.2) is 29.3 Å². The molecule has 2 amide bonds. The first-order valence-electron chi connectivity index (χ1n) is 6.03. The molecule has 1 aromatic carbocycles. The molecule has 0 unspecified atom stereocenters. The molecular weight excluding hydrogens is 278 g/mol. The molecule has 0 fully saturated rings. The van der Waals surface area contributed by atoms with Crippen molar-refractivity contribution in [2.75, 3.05) is 7.11 Å². The molecule has 3 N–H and O–H groups in total. The summed E-state index contributed by atoms with van der Waals surface area (Å²) in [6, 6.07) is 7.39. The van der Waals surface area contributed by atoms with Gasteiger partial charge in [-0.3, -0.25) is 9.59 Å². The molecular formula is C13H15N3O3S. The van der Waals surface area contributed by atoms with Gasteiger partial charge in [0.1, 0.15) is 5.75 Å². The summed E-state index contributed by atoms with van der Waals surface area (Å²) in [5, 5.41) is 2.43. The Labute approximate surface area is 120 Å². The molecule has 1 atom stereocenters. The van der Waals surface area contributed by atoms with Crippen LogP contribution in [-0.2, 0) is 16.1 Å². The highest BCUT2D eigenvalue weighted by atomic mass is 32.2. The molecule has 0 aromatic heterocycles. The second kappa shape index (κ2) is 6.42. The Morgan fingerprint density at radius 1 is 1.50 bits per heavy atom. The van der Waals surface area contributed by atoms with Crippen LogP contribution in [0.25, 0.3) is 0 Å². The first-order valence-corrected chi connectivity index (χ1v) is 6.90. The molecule has 20 heavy (non-hydrogen) atoms. The molecule has 6 nitrogen and oxygen atoms in total. The van der Waals surface area contributed by atoms with Gasteiger partial charge in [-0.05, 0) is 17.7 Å². The number of amidine groups is 1. The van der Waals surface area contributed by atoms with Crippen LogP contribution in [0.1, 0.15) is 12.0 Å². The van der Waals surface area contributed by atoms with E-state index >= 15 is 0 Å². The summed E-state index contributed by atoms with van der Waals surface area (Å²) in [4.78, 5) is 26.8. The molecule has 0 bridgehead atoms. The van der Waals surface area contributed by atoms with Crippen LogP contribution >= 0.6 is 11.8 Å². The third-order valence-electron chi connectivity index (χ3n) is 2.78. The Morgan fingerprint density at radius 2 is 2.20 bits per heavy atom. The lowest BCUT2D eigenvalue weighted by Gasteiger charge is -2.17. The maximum Gasteiger partial charge on any atom is 0.249 e. The van der Waals surface area contributed by atoms with Crippen LogP contribution in [0.2, 0.25) is 0 Å². The van der Waals surface area contributed by atoms with Gasteiger partial charge < -0.3 is 15.8 Å². The summed E-state index contributed by atoms with van der Waals surface area (Å²) in [5.74, 6) is 0.195. The monoisotopic (exact) mass is 293 g/mol. The van der Waals surface area contributed by atoms with Crippen LogP contribution in [0.4, 0.5) is 0 Å². The molecule has 1 heterocycles. The predicted octanol–water partition coefficient (Wildman–Crippen LogP) is 0.658. The number of aliphatic imine (C=N–C) groups is 1. The van der Waals surface area contributed by atoms with Crippen LogP contribution < -0.4 is 15.8 Å². The van der Waals surface area contributed by atoms with Crippen LogP contribution in [0.5, 0.6) is 5.75 Å². The fraction of sp³-hybridized carbons (Fsp3) is 0.308. The Kier molecular flexibility index (Phi) is 4.62. The second-order valence-corrected chi connectivity index (χ2v) is 5.44. The van der Waals surface area contributed by atoms with E-state index < -0.39 is 5.25 Å². The minimum Gasteiger partial charge on any atom is -0.497 e. The van der Waals surface area contributed by atoms with E-state index in [0.717, 1.165) is 23.1 Å². The van der Waals surface area contributed by atoms with Crippen molar-refractivity contribution in [2.24, 2.45) is 10.7 Å². The number of hydrogen-bond donors (Lipinski definition) is 2. The molecule has 0 aliphatic carbocycles. The highest BCUT2D eigenvalue weighted by molar-refractivity contribution is 8.15. The zero-order valence-corrected chi connectivity index (χ0v) is 11.8. The van der Waals surface area contributed by atoms with Gasteiger partial charge in [-0.15, -0.1) is 0 Å². The molecule has 0 radical (unpaired) electrons. The van der Waals surface area contributed by atoms with Gasteiger partial charge in [0, 0.05) is 6.54 Å². The number of carbonyl (C=O) groups is 2. The first kappa shape index (κ1) is 14.4. The van der Waals surface area contributed by atoms with Crippen molar-refractivity contribution in [3.8, 4) is 5.75 Å². The van der Waals surface area contributed by atoms with Crippen LogP contribution in [0.3, 0.4) is 0 Å². The van der Waals surface area contributed by atoms with Crippen molar-refractivity contribution < 1.29 is 14.3 Å². The third-order valence-corrected chi connectivity index (χ3v) is 3.77. The molecule has 106 valence electrons. The number of ether oxygens (including phenoxy) is 1. The predicted molar refractivity (Wildman–Crippen MR) is 77.5 cm³/mol. The quantitative estimate of drug-likeness (QED) is 0.850. The van der Waals surface area contributed by atoms with Gasteiger partial charge in [-0.25, -0.2) is 0 Å². The summed E-state index contributed by atoms with van der Waals surface area (Å²) in [7, 11) is 1.60. The zero-order chi connectivity index (χ0) is 14.5. The third kappa shape index (κ3) is 3.74. The van der Waals surface area contributed by atoms with E-state index in [-0.39, 0.29) is 23.4 Å². The summed E-state index contributed by atoms with van der Waals surface area (Å²) in [6.45, 7) is 0.394. The van der Waals surface area contributed by atoms with E-state index in [0.29, 0.717) is 6.54 Å². The number of hydrogen-bond acceptors (Lipinski definition) is 5. The first-order chi connectivity index (χ1) is 9.58. The zero-order valence-electron chi connectivity index (χ0n) is 11.0. The smallest absolute Gasteiger partial charge is 0.249 e. The van der Waals surface area contributed by atoms with E-state index in [4.69, 9.17) is 10.5 Å². The molecule has 7 heteroatoms. The lowest BCUT2D eigenvalue weighted by atomic mass is 10.2. The summed E-state index contributed by atoms with van der Waals surface area (Å²) in [5.41, 5.74) is 6.44. The minimum absolute atomic E-state index is 0.0831. The van der Waals surface area contributed by atoms with Gasteiger partial charge >= 0.3 is 0 Å². The Bertz CT molecular complexity index is 542. The van der Waals surface area contributed by atoms with Crippen molar-refractivity contribution in [3.63, 3.8) is 0 Å². The molecule has 0 spiro atoms. The van der Waals surface area contributed by atoms with Gasteiger partial charge in [-0.1, -0.05) is 23.9 Å². The number of carbonyl (C=O) groups excluding carboxylic acids is 2. The van der Waals surface area contributed by atoms with Gasteiger partial charge in [0.15, 0.2) is 5.17 Å². The van der Waals surface area contributed by atoms with Gasteiger partial charge in [-0.2, -0.15) is 4.99 Å². The normalized spacial score (nSPS) is 18.4. The number of benzene rings is 1. The maximum atomic E-state index is 12.0. The minimum atomic E-state index is -0.502. The number of nitrogens with zero attached hydrogens (tertiary/aromatic N) is 1. The van der Waals surface area contributed by atoms with Gasteiger partial charge in [0.2, 0.25) is 11.8 Å². The average molecular weight is 293 g/mol. The average Bonchev–Trinajstić information content (AvgIpc) is 2.44. The molecule has 2 rings (SSSR count). The molecule has 0 saturated carbocycles. The van der Waals surface area contributed by atoms with E-state index in [2.05, 4.69) is 10.3 Å². The highest BCUT2D eigenvalue weighted by Gasteiger charge is 2.27. The fourth-order valence-electron chi connectivity index (χ4n) is 1.73. The molecule has 1 aromatic rings. The Morgan fingerprint density at radius 3 is 2.80 bits per heavy atom. The highest BCUT2D eigenvalue weighted by Crippen LogP contribution is 2.20. The van der Waals surface area contributed by atoms with Gasteiger partial charge in [0.25, 0.3) is 0 Å². The van der Waals surface area contributed by atoms with Crippen molar-refractivity contribution >= 4 is 28.7 Å². The molecule has 1 aliphatic rings. The van der Waals surface area contributed by atoms with Crippen molar-refractivity contribution in [1.29, 1.82) is 0 Å². The topological polar surface area (TPSA) is 93.8 Å². The number of amides is 2.